The van der Waals surface area contributed by atoms with E-state index in [0.717, 1.165) is 31.9 Å². The Morgan fingerprint density at radius 3 is 2.65 bits per heavy atom. The number of benzene rings is 1. The fraction of sp³-hybridized carbons (Fsp3) is 0. The maximum Gasteiger partial charge on any atom is 0.188 e. The van der Waals surface area contributed by atoms with Crippen molar-refractivity contribution in [1.82, 2.24) is 25.1 Å². The van der Waals surface area contributed by atoms with Crippen LogP contribution in [0.5, 0.6) is 0 Å². The third kappa shape index (κ3) is 1.81. The summed E-state index contributed by atoms with van der Waals surface area (Å²) in [4.78, 5) is 14.2. The average molecular weight is 279 g/mol. The molecule has 3 heterocycles. The topological polar surface area (TPSA) is 67.3 Å². The van der Waals surface area contributed by atoms with E-state index in [0.29, 0.717) is 0 Å². The number of fused-ring (bicyclic) bond motifs is 3. The zero-order valence-corrected chi connectivity index (χ0v) is 11.1. The standard InChI is InChI=1S/C14H9N5S/c1-3-9-7-11(20-14-17-8-18-19-14)10-4-2-6-16-13(10)12(9)15-5-1/h1-8H,(H,17,18,19). The molecule has 0 unspecified atom stereocenters. The first-order valence-corrected chi connectivity index (χ1v) is 6.89. The van der Waals surface area contributed by atoms with Crippen LogP contribution >= 0.6 is 11.8 Å². The molecule has 0 spiro atoms. The number of pyridine rings is 2. The van der Waals surface area contributed by atoms with Gasteiger partial charge >= 0.3 is 0 Å². The van der Waals surface area contributed by atoms with Gasteiger partial charge in [-0.25, -0.2) is 4.98 Å². The zero-order valence-electron chi connectivity index (χ0n) is 10.3. The summed E-state index contributed by atoms with van der Waals surface area (Å²) in [5.74, 6) is 0. The number of hydrogen-bond donors (Lipinski definition) is 1. The summed E-state index contributed by atoms with van der Waals surface area (Å²) >= 11 is 1.54. The van der Waals surface area contributed by atoms with E-state index in [1.807, 2.05) is 18.2 Å². The van der Waals surface area contributed by atoms with Gasteiger partial charge in [-0.3, -0.25) is 15.1 Å². The molecule has 0 amide bonds. The minimum absolute atomic E-state index is 0.762. The predicted octanol–water partition coefficient (Wildman–Crippen LogP) is 3.05. The van der Waals surface area contributed by atoms with Crippen LogP contribution in [0.4, 0.5) is 0 Å². The number of aromatic amines is 1. The summed E-state index contributed by atoms with van der Waals surface area (Å²) in [6, 6.07) is 10.1. The molecule has 0 aliphatic carbocycles. The van der Waals surface area contributed by atoms with E-state index < -0.39 is 0 Å². The molecule has 5 nitrogen and oxygen atoms in total. The van der Waals surface area contributed by atoms with Crippen LogP contribution in [0.1, 0.15) is 0 Å². The lowest BCUT2D eigenvalue weighted by Crippen LogP contribution is -1.87. The molecule has 0 saturated carbocycles. The van der Waals surface area contributed by atoms with Crippen molar-refractivity contribution in [1.29, 1.82) is 0 Å². The van der Waals surface area contributed by atoms with Crippen molar-refractivity contribution in [3.05, 3.63) is 49.1 Å². The normalized spacial score (nSPS) is 11.2. The van der Waals surface area contributed by atoms with E-state index in [4.69, 9.17) is 0 Å². The maximum atomic E-state index is 4.48. The summed E-state index contributed by atoms with van der Waals surface area (Å²) in [6.07, 6.45) is 5.09. The first-order valence-electron chi connectivity index (χ1n) is 6.07. The highest BCUT2D eigenvalue weighted by atomic mass is 32.2. The molecule has 1 N–H and O–H groups in total. The van der Waals surface area contributed by atoms with E-state index in [9.17, 15) is 0 Å². The second-order valence-corrected chi connectivity index (χ2v) is 5.27. The Bertz CT molecular complexity index is 889. The van der Waals surface area contributed by atoms with E-state index in [1.54, 1.807) is 24.2 Å². The Labute approximate surface area is 118 Å². The third-order valence-electron chi connectivity index (χ3n) is 3.02. The maximum absolute atomic E-state index is 4.48. The zero-order chi connectivity index (χ0) is 13.4. The highest BCUT2D eigenvalue weighted by molar-refractivity contribution is 7.99. The van der Waals surface area contributed by atoms with Gasteiger partial charge in [-0.1, -0.05) is 12.1 Å². The summed E-state index contributed by atoms with van der Waals surface area (Å²) in [7, 11) is 0. The van der Waals surface area contributed by atoms with Crippen molar-refractivity contribution in [2.45, 2.75) is 10.1 Å². The van der Waals surface area contributed by atoms with Crippen molar-refractivity contribution in [3.63, 3.8) is 0 Å². The van der Waals surface area contributed by atoms with Gasteiger partial charge in [0.2, 0.25) is 0 Å². The van der Waals surface area contributed by atoms with Gasteiger partial charge in [0.1, 0.15) is 6.33 Å². The highest BCUT2D eigenvalue weighted by Gasteiger charge is 2.10. The molecule has 0 saturated heterocycles. The van der Waals surface area contributed by atoms with Gasteiger partial charge in [0, 0.05) is 28.1 Å². The van der Waals surface area contributed by atoms with Crippen LogP contribution in [0.15, 0.2) is 59.1 Å². The first kappa shape index (κ1) is 11.4. The SMILES string of the molecule is c1cnc2c(c1)cc(Sc1ncn[nH]1)c1cccnc12. The van der Waals surface area contributed by atoms with Crippen LogP contribution in [-0.2, 0) is 0 Å². The molecule has 0 aliphatic heterocycles. The van der Waals surface area contributed by atoms with E-state index in [-0.39, 0.29) is 0 Å². The summed E-state index contributed by atoms with van der Waals surface area (Å²) < 4.78 is 0. The molecule has 6 heteroatoms. The Morgan fingerprint density at radius 1 is 0.950 bits per heavy atom. The van der Waals surface area contributed by atoms with Gasteiger partial charge < -0.3 is 0 Å². The minimum atomic E-state index is 0.762. The molecule has 96 valence electrons. The fourth-order valence-corrected chi connectivity index (χ4v) is 3.04. The van der Waals surface area contributed by atoms with Crippen molar-refractivity contribution in [3.8, 4) is 0 Å². The van der Waals surface area contributed by atoms with Crippen molar-refractivity contribution < 1.29 is 0 Å². The lowest BCUT2D eigenvalue weighted by molar-refractivity contribution is 0.974. The van der Waals surface area contributed by atoms with E-state index >= 15 is 0 Å². The molecule has 0 bridgehead atoms. The number of H-pyrrole nitrogens is 1. The quantitative estimate of drug-likeness (QED) is 0.571. The molecule has 4 rings (SSSR count). The van der Waals surface area contributed by atoms with Crippen molar-refractivity contribution in [2.75, 3.05) is 0 Å². The third-order valence-corrected chi connectivity index (χ3v) is 3.97. The lowest BCUT2D eigenvalue weighted by Gasteiger charge is -2.07. The molecule has 0 aliphatic rings. The Hall–Kier alpha value is -2.47. The van der Waals surface area contributed by atoms with E-state index in [2.05, 4.69) is 37.3 Å². The fourth-order valence-electron chi connectivity index (χ4n) is 2.18. The molecule has 0 atom stereocenters. The molecule has 20 heavy (non-hydrogen) atoms. The molecular formula is C14H9N5S. The largest absolute Gasteiger partial charge is 0.254 e. The number of aromatic nitrogens is 5. The summed E-state index contributed by atoms with van der Waals surface area (Å²) in [6.45, 7) is 0. The average Bonchev–Trinajstić information content (AvgIpc) is 3.00. The van der Waals surface area contributed by atoms with Crippen LogP contribution in [0, 0.1) is 0 Å². The number of rotatable bonds is 2. The Balaban J connectivity index is 2.02. The smallest absolute Gasteiger partial charge is 0.188 e. The highest BCUT2D eigenvalue weighted by Crippen LogP contribution is 2.34. The summed E-state index contributed by atoms with van der Waals surface area (Å²) in [5, 5.41) is 9.64. The molecule has 0 radical (unpaired) electrons. The van der Waals surface area contributed by atoms with Crippen molar-refractivity contribution in [2.24, 2.45) is 0 Å². The minimum Gasteiger partial charge on any atom is -0.254 e. The van der Waals surface area contributed by atoms with Gasteiger partial charge in [0.15, 0.2) is 5.16 Å². The Kier molecular flexibility index (Phi) is 2.60. The molecule has 1 aromatic carbocycles. The predicted molar refractivity (Wildman–Crippen MR) is 77.5 cm³/mol. The number of hydrogen-bond acceptors (Lipinski definition) is 5. The van der Waals surface area contributed by atoms with E-state index in [1.165, 1.54) is 6.33 Å². The van der Waals surface area contributed by atoms with Crippen LogP contribution in [0.3, 0.4) is 0 Å². The van der Waals surface area contributed by atoms with Crippen LogP contribution < -0.4 is 0 Å². The molecule has 4 aromatic rings. The van der Waals surface area contributed by atoms with Crippen LogP contribution in [-0.4, -0.2) is 25.1 Å². The second kappa shape index (κ2) is 4.57. The van der Waals surface area contributed by atoms with Gasteiger partial charge in [-0.05, 0) is 30.0 Å². The number of nitrogens with zero attached hydrogens (tertiary/aromatic N) is 4. The van der Waals surface area contributed by atoms with Gasteiger partial charge in [-0.2, -0.15) is 5.10 Å². The molecule has 0 fully saturated rings. The summed E-state index contributed by atoms with van der Waals surface area (Å²) in [5.41, 5.74) is 1.83. The molecule has 3 aromatic heterocycles. The number of nitrogens with one attached hydrogen (secondary N) is 1. The van der Waals surface area contributed by atoms with Gasteiger partial charge in [-0.15, -0.1) is 0 Å². The van der Waals surface area contributed by atoms with Gasteiger partial charge in [0.05, 0.1) is 11.0 Å². The monoisotopic (exact) mass is 279 g/mol. The van der Waals surface area contributed by atoms with Crippen molar-refractivity contribution >= 4 is 33.6 Å². The van der Waals surface area contributed by atoms with Crippen LogP contribution in [0.25, 0.3) is 21.8 Å². The Morgan fingerprint density at radius 2 is 1.80 bits per heavy atom. The molecular weight excluding hydrogens is 270 g/mol. The van der Waals surface area contributed by atoms with Gasteiger partial charge in [0.25, 0.3) is 0 Å². The van der Waals surface area contributed by atoms with Crippen LogP contribution in [0.2, 0.25) is 0 Å². The lowest BCUT2D eigenvalue weighted by atomic mass is 10.1. The first-order chi connectivity index (χ1) is 9.92. The second-order valence-electron chi connectivity index (χ2n) is 4.24.